The molecule has 1 aromatic rings. The van der Waals surface area contributed by atoms with Crippen molar-refractivity contribution in [1.29, 1.82) is 0 Å². The molecule has 5 nitrogen and oxygen atoms in total. The second kappa shape index (κ2) is 9.20. The summed E-state index contributed by atoms with van der Waals surface area (Å²) >= 11 is 0. The van der Waals surface area contributed by atoms with E-state index in [2.05, 4.69) is 10.2 Å². The number of hydrogen-bond donors (Lipinski definition) is 2. The summed E-state index contributed by atoms with van der Waals surface area (Å²) in [5, 5.41) is 2.88. The number of rotatable bonds is 5. The van der Waals surface area contributed by atoms with Gasteiger partial charge in [-0.15, -0.1) is 24.8 Å². The minimum absolute atomic E-state index is 0. The molecule has 0 saturated carbocycles. The summed E-state index contributed by atoms with van der Waals surface area (Å²) in [5.74, 6) is 0.544. The molecule has 7 heteroatoms. The largest absolute Gasteiger partial charge is 0.467 e. The number of furan rings is 1. The fourth-order valence-corrected chi connectivity index (χ4v) is 2.04. The lowest BCUT2D eigenvalue weighted by Crippen LogP contribution is -2.33. The minimum atomic E-state index is -0.0901. The molecule has 0 atom stereocenters. The fourth-order valence-electron chi connectivity index (χ4n) is 2.04. The number of hydrogen-bond acceptors (Lipinski definition) is 4. The average Bonchev–Trinajstić information content (AvgIpc) is 2.99. The van der Waals surface area contributed by atoms with Gasteiger partial charge in [-0.25, -0.2) is 0 Å². The van der Waals surface area contributed by atoms with Crippen LogP contribution in [0.15, 0.2) is 16.7 Å². The summed E-state index contributed by atoms with van der Waals surface area (Å²) in [7, 11) is 0. The number of carbonyl (C=O) groups is 1. The first-order valence-electron chi connectivity index (χ1n) is 6.07. The van der Waals surface area contributed by atoms with Gasteiger partial charge in [0.1, 0.15) is 12.0 Å². The molecule has 0 unspecified atom stereocenters. The van der Waals surface area contributed by atoms with E-state index in [9.17, 15) is 4.79 Å². The Morgan fingerprint density at radius 2 is 2.05 bits per heavy atom. The molecule has 2 rings (SSSR count). The summed E-state index contributed by atoms with van der Waals surface area (Å²) in [4.78, 5) is 14.1. The molecule has 0 aliphatic carbocycles. The SMILES string of the molecule is Cl.Cl.NCc1cc(C(=O)NCCN2CCCC2)co1. The minimum Gasteiger partial charge on any atom is -0.467 e. The van der Waals surface area contributed by atoms with Crippen LogP contribution in [0.25, 0.3) is 0 Å². The summed E-state index contributed by atoms with van der Waals surface area (Å²) in [6.45, 7) is 4.23. The van der Waals surface area contributed by atoms with Crippen molar-refractivity contribution in [2.24, 2.45) is 5.73 Å². The quantitative estimate of drug-likeness (QED) is 0.862. The van der Waals surface area contributed by atoms with Crippen LogP contribution in [0.4, 0.5) is 0 Å². The molecule has 1 aromatic heterocycles. The predicted octanol–water partition coefficient (Wildman–Crippen LogP) is 1.41. The highest BCUT2D eigenvalue weighted by atomic mass is 35.5. The van der Waals surface area contributed by atoms with Crippen molar-refractivity contribution in [3.63, 3.8) is 0 Å². The molecule has 19 heavy (non-hydrogen) atoms. The van der Waals surface area contributed by atoms with Crippen molar-refractivity contribution in [2.45, 2.75) is 19.4 Å². The van der Waals surface area contributed by atoms with Crippen LogP contribution in [0.2, 0.25) is 0 Å². The third kappa shape index (κ3) is 5.40. The summed E-state index contributed by atoms with van der Waals surface area (Å²) in [6.07, 6.45) is 4.00. The van der Waals surface area contributed by atoms with E-state index in [4.69, 9.17) is 10.2 Å². The molecule has 1 amide bonds. The molecule has 1 fully saturated rings. The first-order chi connectivity index (χ1) is 8.29. The van der Waals surface area contributed by atoms with Gasteiger partial charge in [0, 0.05) is 13.1 Å². The highest BCUT2D eigenvalue weighted by molar-refractivity contribution is 5.93. The van der Waals surface area contributed by atoms with Gasteiger partial charge >= 0.3 is 0 Å². The number of halogens is 2. The highest BCUT2D eigenvalue weighted by Gasteiger charge is 2.12. The molecule has 1 saturated heterocycles. The first kappa shape index (κ1) is 18.2. The lowest BCUT2D eigenvalue weighted by molar-refractivity contribution is 0.0949. The molecule has 110 valence electrons. The Bertz CT molecular complexity index is 379. The Hall–Kier alpha value is -0.750. The molecule has 3 N–H and O–H groups in total. The van der Waals surface area contributed by atoms with E-state index in [1.807, 2.05) is 0 Å². The maximum Gasteiger partial charge on any atom is 0.254 e. The lowest BCUT2D eigenvalue weighted by atomic mass is 10.3. The van der Waals surface area contributed by atoms with Crippen LogP contribution >= 0.6 is 24.8 Å². The average molecular weight is 310 g/mol. The topological polar surface area (TPSA) is 71.5 Å². The van der Waals surface area contributed by atoms with Gasteiger partial charge in [-0.05, 0) is 32.0 Å². The Morgan fingerprint density at radius 1 is 1.37 bits per heavy atom. The molecule has 2 heterocycles. The Labute approximate surface area is 125 Å². The molecular weight excluding hydrogens is 289 g/mol. The molecule has 0 bridgehead atoms. The zero-order chi connectivity index (χ0) is 12.1. The standard InChI is InChI=1S/C12H19N3O2.2ClH/c13-8-11-7-10(9-17-11)12(16)14-3-6-15-4-1-2-5-15;;/h7,9H,1-6,8,13H2,(H,14,16);2*1H. The number of nitrogens with two attached hydrogens (primary N) is 1. The maximum absolute atomic E-state index is 11.7. The van der Waals surface area contributed by atoms with Gasteiger partial charge in [-0.1, -0.05) is 0 Å². The summed E-state index contributed by atoms with van der Waals surface area (Å²) in [6, 6.07) is 1.69. The Kier molecular flexibility index (Phi) is 8.84. The normalized spacial score (nSPS) is 14.6. The van der Waals surface area contributed by atoms with Crippen LogP contribution in [0.3, 0.4) is 0 Å². The zero-order valence-electron chi connectivity index (χ0n) is 10.8. The number of nitrogens with one attached hydrogen (secondary N) is 1. The van der Waals surface area contributed by atoms with Crippen LogP contribution < -0.4 is 11.1 Å². The van der Waals surface area contributed by atoms with Crippen molar-refractivity contribution in [1.82, 2.24) is 10.2 Å². The van der Waals surface area contributed by atoms with Crippen molar-refractivity contribution >= 4 is 30.7 Å². The second-order valence-electron chi connectivity index (χ2n) is 4.31. The van der Waals surface area contributed by atoms with Gasteiger partial charge < -0.3 is 20.4 Å². The van der Waals surface area contributed by atoms with E-state index >= 15 is 0 Å². The number of carbonyl (C=O) groups excluding carboxylic acids is 1. The van der Waals surface area contributed by atoms with E-state index in [0.717, 1.165) is 19.6 Å². The Morgan fingerprint density at radius 3 is 2.63 bits per heavy atom. The predicted molar refractivity (Wildman–Crippen MR) is 79.1 cm³/mol. The fraction of sp³-hybridized carbons (Fsp3) is 0.583. The molecular formula is C12H21Cl2N3O2. The van der Waals surface area contributed by atoms with Crippen LogP contribution in [-0.4, -0.2) is 37.0 Å². The third-order valence-corrected chi connectivity index (χ3v) is 3.03. The van der Waals surface area contributed by atoms with Crippen LogP contribution in [0.5, 0.6) is 0 Å². The lowest BCUT2D eigenvalue weighted by Gasteiger charge is -2.14. The summed E-state index contributed by atoms with van der Waals surface area (Å²) < 4.78 is 5.12. The van der Waals surface area contributed by atoms with Crippen LogP contribution in [0, 0.1) is 0 Å². The van der Waals surface area contributed by atoms with Crippen molar-refractivity contribution in [2.75, 3.05) is 26.2 Å². The number of likely N-dealkylation sites (tertiary alicyclic amines) is 1. The smallest absolute Gasteiger partial charge is 0.254 e. The zero-order valence-corrected chi connectivity index (χ0v) is 12.4. The van der Waals surface area contributed by atoms with E-state index in [1.54, 1.807) is 6.07 Å². The van der Waals surface area contributed by atoms with E-state index < -0.39 is 0 Å². The van der Waals surface area contributed by atoms with Crippen LogP contribution in [0.1, 0.15) is 29.0 Å². The van der Waals surface area contributed by atoms with E-state index in [-0.39, 0.29) is 30.7 Å². The van der Waals surface area contributed by atoms with Gasteiger partial charge in [-0.2, -0.15) is 0 Å². The third-order valence-electron chi connectivity index (χ3n) is 3.03. The van der Waals surface area contributed by atoms with E-state index in [1.165, 1.54) is 19.1 Å². The number of amides is 1. The van der Waals surface area contributed by atoms with Crippen LogP contribution in [-0.2, 0) is 6.54 Å². The molecule has 0 radical (unpaired) electrons. The monoisotopic (exact) mass is 309 g/mol. The first-order valence-corrected chi connectivity index (χ1v) is 6.07. The molecule has 1 aliphatic heterocycles. The second-order valence-corrected chi connectivity index (χ2v) is 4.31. The van der Waals surface area contributed by atoms with Crippen molar-refractivity contribution < 1.29 is 9.21 Å². The molecule has 1 aliphatic rings. The molecule has 0 aromatic carbocycles. The van der Waals surface area contributed by atoms with Crippen molar-refractivity contribution in [3.05, 3.63) is 23.7 Å². The highest BCUT2D eigenvalue weighted by Crippen LogP contribution is 2.07. The molecule has 0 spiro atoms. The van der Waals surface area contributed by atoms with E-state index in [0.29, 0.717) is 24.4 Å². The summed E-state index contributed by atoms with van der Waals surface area (Å²) in [5.41, 5.74) is 5.96. The Balaban J connectivity index is 0.00000162. The van der Waals surface area contributed by atoms with Gasteiger partial charge in [0.25, 0.3) is 5.91 Å². The van der Waals surface area contributed by atoms with Crippen molar-refractivity contribution in [3.8, 4) is 0 Å². The van der Waals surface area contributed by atoms with Gasteiger partial charge in [0.2, 0.25) is 0 Å². The van der Waals surface area contributed by atoms with Gasteiger partial charge in [-0.3, -0.25) is 4.79 Å². The number of nitrogens with zero attached hydrogens (tertiary/aromatic N) is 1. The van der Waals surface area contributed by atoms with Gasteiger partial charge in [0.05, 0.1) is 12.1 Å². The van der Waals surface area contributed by atoms with Gasteiger partial charge in [0.15, 0.2) is 0 Å². The maximum atomic E-state index is 11.7.